The van der Waals surface area contributed by atoms with Crippen LogP contribution in [0.3, 0.4) is 0 Å². The number of sulfonamides is 1. The Hall–Kier alpha value is -2.61. The zero-order chi connectivity index (χ0) is 20.7. The Morgan fingerprint density at radius 2 is 1.82 bits per heavy atom. The highest BCUT2D eigenvalue weighted by atomic mass is 32.2. The van der Waals surface area contributed by atoms with Gasteiger partial charge in [0.25, 0.3) is 0 Å². The van der Waals surface area contributed by atoms with Gasteiger partial charge in [0.15, 0.2) is 0 Å². The van der Waals surface area contributed by atoms with Crippen LogP contribution in [0.2, 0.25) is 0 Å². The summed E-state index contributed by atoms with van der Waals surface area (Å²) in [6.45, 7) is 7.35. The van der Waals surface area contributed by atoms with Gasteiger partial charge in [-0.3, -0.25) is 4.31 Å². The van der Waals surface area contributed by atoms with E-state index in [2.05, 4.69) is 41.4 Å². The second-order valence-electron chi connectivity index (χ2n) is 8.36. The normalized spacial score (nSPS) is 12.5. The van der Waals surface area contributed by atoms with Crippen molar-refractivity contribution in [1.82, 2.24) is 14.5 Å². The molecule has 2 aromatic heterocycles. The molecule has 0 bridgehead atoms. The molecule has 0 radical (unpaired) electrons. The number of nitrogens with zero attached hydrogens (tertiary/aromatic N) is 4. The minimum Gasteiger partial charge on any atom is -0.368 e. The van der Waals surface area contributed by atoms with Crippen molar-refractivity contribution in [2.45, 2.75) is 33.7 Å². The highest BCUT2D eigenvalue weighted by Gasteiger charge is 2.18. The van der Waals surface area contributed by atoms with Crippen LogP contribution in [0.25, 0.3) is 11.0 Å². The van der Waals surface area contributed by atoms with Crippen LogP contribution >= 0.6 is 0 Å². The van der Waals surface area contributed by atoms with Crippen LogP contribution in [-0.2, 0) is 23.0 Å². The lowest BCUT2D eigenvalue weighted by Gasteiger charge is -2.22. The number of anilines is 2. The lowest BCUT2D eigenvalue weighted by atomic mass is 9.96. The quantitative estimate of drug-likeness (QED) is 0.709. The van der Waals surface area contributed by atoms with Gasteiger partial charge in [0.05, 0.1) is 11.9 Å². The zero-order valence-corrected chi connectivity index (χ0v) is 17.8. The molecule has 0 spiro atoms. The maximum atomic E-state index is 11.7. The fraction of sp³-hybridized carbons (Fsp3) is 0.400. The molecular formula is C20H27N5O2S. The van der Waals surface area contributed by atoms with E-state index in [0.29, 0.717) is 12.1 Å². The monoisotopic (exact) mass is 401 g/mol. The molecular weight excluding hydrogens is 374 g/mol. The van der Waals surface area contributed by atoms with Gasteiger partial charge in [0.2, 0.25) is 16.0 Å². The zero-order valence-electron chi connectivity index (χ0n) is 17.0. The predicted molar refractivity (Wildman–Crippen MR) is 114 cm³/mol. The minimum absolute atomic E-state index is 0.0719. The topological polar surface area (TPSA) is 94.1 Å². The number of aromatic nitrogens is 3. The first-order valence-electron chi connectivity index (χ1n) is 9.07. The molecule has 8 heteroatoms. The Kier molecular flexibility index (Phi) is 5.10. The van der Waals surface area contributed by atoms with E-state index in [0.717, 1.165) is 28.8 Å². The third kappa shape index (κ3) is 4.44. The van der Waals surface area contributed by atoms with Crippen molar-refractivity contribution in [2.75, 3.05) is 23.3 Å². The maximum Gasteiger partial charge on any atom is 0.231 e. The van der Waals surface area contributed by atoms with E-state index in [4.69, 9.17) is 5.73 Å². The summed E-state index contributed by atoms with van der Waals surface area (Å²) in [5, 5.41) is 0.960. The van der Waals surface area contributed by atoms with Gasteiger partial charge in [-0.05, 0) is 29.2 Å². The summed E-state index contributed by atoms with van der Waals surface area (Å²) in [4.78, 5) is 8.55. The van der Waals surface area contributed by atoms with Crippen molar-refractivity contribution in [3.05, 3.63) is 47.8 Å². The first kappa shape index (κ1) is 20.1. The molecule has 0 aliphatic carbocycles. The van der Waals surface area contributed by atoms with Crippen molar-refractivity contribution < 1.29 is 8.42 Å². The molecule has 0 atom stereocenters. The Morgan fingerprint density at radius 1 is 1.18 bits per heavy atom. The van der Waals surface area contributed by atoms with Crippen molar-refractivity contribution in [1.29, 1.82) is 0 Å². The van der Waals surface area contributed by atoms with E-state index in [1.165, 1.54) is 10.6 Å². The van der Waals surface area contributed by atoms with E-state index < -0.39 is 10.0 Å². The molecule has 28 heavy (non-hydrogen) atoms. The number of hydrogen-bond acceptors (Lipinski definition) is 5. The van der Waals surface area contributed by atoms with Gasteiger partial charge in [0, 0.05) is 37.3 Å². The van der Waals surface area contributed by atoms with Crippen LogP contribution in [0.1, 0.15) is 32.0 Å². The van der Waals surface area contributed by atoms with E-state index in [-0.39, 0.29) is 11.4 Å². The molecule has 0 aliphatic heterocycles. The third-order valence-electron chi connectivity index (χ3n) is 4.55. The highest BCUT2D eigenvalue weighted by Crippen LogP contribution is 2.26. The summed E-state index contributed by atoms with van der Waals surface area (Å²) >= 11 is 0. The Balaban J connectivity index is 1.96. The Morgan fingerprint density at radius 3 is 2.39 bits per heavy atom. The first-order valence-corrected chi connectivity index (χ1v) is 10.9. The smallest absolute Gasteiger partial charge is 0.231 e. The molecule has 3 aromatic rings. The van der Waals surface area contributed by atoms with Gasteiger partial charge in [-0.2, -0.15) is 4.98 Å². The number of hydrogen-bond donors (Lipinski definition) is 1. The second kappa shape index (κ2) is 7.09. The molecule has 7 nitrogen and oxygen atoms in total. The standard InChI is InChI=1S/C20H27N5O2S/c1-20(2,3)13-25-17(11-15-12-22-19(21)23-18(15)25)10-14-6-8-16(9-7-14)24(4)28(5,26)27/h6-9,11-12H,10,13H2,1-5H3,(H2,21,22,23). The molecule has 0 unspecified atom stereocenters. The van der Waals surface area contributed by atoms with Crippen LogP contribution < -0.4 is 10.0 Å². The SMILES string of the molecule is CN(c1ccc(Cc2cc3cnc(N)nc3n2CC(C)(C)C)cc1)S(C)(=O)=O. The molecule has 0 fully saturated rings. The number of nitrogens with two attached hydrogens (primary N) is 1. The van der Waals surface area contributed by atoms with Crippen LogP contribution in [0, 0.1) is 5.41 Å². The summed E-state index contributed by atoms with van der Waals surface area (Å²) in [6, 6.07) is 9.65. The first-order chi connectivity index (χ1) is 12.9. The van der Waals surface area contributed by atoms with Crippen LogP contribution in [0.15, 0.2) is 36.5 Å². The number of benzene rings is 1. The molecule has 0 saturated carbocycles. The molecule has 2 N–H and O–H groups in total. The largest absolute Gasteiger partial charge is 0.368 e. The molecule has 150 valence electrons. The fourth-order valence-corrected chi connectivity index (χ4v) is 3.63. The summed E-state index contributed by atoms with van der Waals surface area (Å²) in [6.07, 6.45) is 3.65. The van der Waals surface area contributed by atoms with Gasteiger partial charge in [0.1, 0.15) is 5.65 Å². The molecule has 0 saturated heterocycles. The van der Waals surface area contributed by atoms with Crippen LogP contribution in [-0.4, -0.2) is 36.3 Å². The van der Waals surface area contributed by atoms with Gasteiger partial charge in [-0.1, -0.05) is 32.9 Å². The highest BCUT2D eigenvalue weighted by molar-refractivity contribution is 7.92. The fourth-order valence-electron chi connectivity index (χ4n) is 3.13. The average molecular weight is 402 g/mol. The second-order valence-corrected chi connectivity index (χ2v) is 10.4. The van der Waals surface area contributed by atoms with Crippen LogP contribution in [0.4, 0.5) is 11.6 Å². The number of rotatable bonds is 5. The Bertz CT molecular complexity index is 1100. The number of nitrogen functional groups attached to an aromatic ring is 1. The van der Waals surface area contributed by atoms with E-state index >= 15 is 0 Å². The third-order valence-corrected chi connectivity index (χ3v) is 5.76. The van der Waals surface area contributed by atoms with Crippen molar-refractivity contribution in [2.24, 2.45) is 5.41 Å². The number of fused-ring (bicyclic) bond motifs is 1. The summed E-state index contributed by atoms with van der Waals surface area (Å²) in [5.74, 6) is 0.264. The van der Waals surface area contributed by atoms with Gasteiger partial charge < -0.3 is 10.3 Å². The maximum absolute atomic E-state index is 11.7. The van der Waals surface area contributed by atoms with Crippen molar-refractivity contribution in [3.63, 3.8) is 0 Å². The average Bonchev–Trinajstić information content (AvgIpc) is 2.89. The summed E-state index contributed by atoms with van der Waals surface area (Å²) in [5.41, 5.74) is 9.57. The predicted octanol–water partition coefficient (Wildman–Crippen LogP) is 3.05. The molecule has 2 heterocycles. The molecule has 3 rings (SSSR count). The minimum atomic E-state index is -3.27. The summed E-state index contributed by atoms with van der Waals surface area (Å²) in [7, 11) is -1.72. The molecule has 0 aliphatic rings. The summed E-state index contributed by atoms with van der Waals surface area (Å²) < 4.78 is 26.9. The van der Waals surface area contributed by atoms with E-state index in [1.807, 2.05) is 24.3 Å². The Labute approximate surface area is 166 Å². The van der Waals surface area contributed by atoms with Crippen LogP contribution in [0.5, 0.6) is 0 Å². The molecule has 1 aromatic carbocycles. The van der Waals surface area contributed by atoms with Gasteiger partial charge >= 0.3 is 0 Å². The van der Waals surface area contributed by atoms with Gasteiger partial charge in [-0.15, -0.1) is 0 Å². The van der Waals surface area contributed by atoms with E-state index in [9.17, 15) is 8.42 Å². The molecule has 0 amide bonds. The van der Waals surface area contributed by atoms with Crippen molar-refractivity contribution in [3.8, 4) is 0 Å². The van der Waals surface area contributed by atoms with E-state index in [1.54, 1.807) is 13.2 Å². The lowest BCUT2D eigenvalue weighted by molar-refractivity contribution is 0.344. The van der Waals surface area contributed by atoms with Crippen molar-refractivity contribution >= 4 is 32.7 Å². The van der Waals surface area contributed by atoms with Gasteiger partial charge in [-0.25, -0.2) is 13.4 Å². The lowest BCUT2D eigenvalue weighted by Crippen LogP contribution is -2.24.